The number of esters is 1. The van der Waals surface area contributed by atoms with Crippen LogP contribution in [-0.4, -0.2) is 72.7 Å². The molecule has 0 atom stereocenters. The van der Waals surface area contributed by atoms with Gasteiger partial charge in [0.1, 0.15) is 17.5 Å². The van der Waals surface area contributed by atoms with Crippen LogP contribution in [0.4, 0.5) is 27.8 Å². The predicted octanol–water partition coefficient (Wildman–Crippen LogP) is 2.99. The van der Waals surface area contributed by atoms with Crippen LogP contribution in [0.1, 0.15) is 26.6 Å². The molecule has 1 aliphatic heterocycles. The van der Waals surface area contributed by atoms with E-state index in [1.165, 1.54) is 0 Å². The zero-order valence-corrected chi connectivity index (χ0v) is 20.4. The first-order valence-electron chi connectivity index (χ1n) is 11.7. The van der Waals surface area contributed by atoms with Gasteiger partial charge in [0.2, 0.25) is 0 Å². The van der Waals surface area contributed by atoms with Gasteiger partial charge in [0.15, 0.2) is 0 Å². The van der Waals surface area contributed by atoms with E-state index in [9.17, 15) is 9.59 Å². The molecule has 2 heterocycles. The van der Waals surface area contributed by atoms with E-state index in [2.05, 4.69) is 35.7 Å². The zero-order chi connectivity index (χ0) is 24.5. The van der Waals surface area contributed by atoms with E-state index >= 15 is 0 Å². The fraction of sp³-hybridized carbons (Fsp3) is 0.500. The Morgan fingerprint density at radius 2 is 1.82 bits per heavy atom. The Balaban J connectivity index is 1.60. The molecule has 2 aromatic rings. The second kappa shape index (κ2) is 12.2. The summed E-state index contributed by atoms with van der Waals surface area (Å²) in [5, 5.41) is 9.02. The third kappa shape index (κ3) is 7.87. The third-order valence-electron chi connectivity index (χ3n) is 5.24. The number of rotatable bonds is 9. The average Bonchev–Trinajstić information content (AvgIpc) is 2.78. The van der Waals surface area contributed by atoms with E-state index in [4.69, 9.17) is 4.74 Å². The maximum absolute atomic E-state index is 12.1. The van der Waals surface area contributed by atoms with Crippen molar-refractivity contribution < 1.29 is 14.3 Å². The maximum atomic E-state index is 12.1. The molecule has 1 fully saturated rings. The summed E-state index contributed by atoms with van der Waals surface area (Å²) < 4.78 is 5.05. The SMILES string of the molecule is CCOC(=O)CN1CCN(c2cc(Nc3cccc(NC(=O)NCC(C)C)c3)nc(C)n2)CC1. The van der Waals surface area contributed by atoms with Crippen LogP contribution in [-0.2, 0) is 9.53 Å². The van der Waals surface area contributed by atoms with Gasteiger partial charge >= 0.3 is 12.0 Å². The molecule has 0 saturated carbocycles. The monoisotopic (exact) mass is 469 g/mol. The van der Waals surface area contributed by atoms with Crippen molar-refractivity contribution in [2.24, 2.45) is 5.92 Å². The van der Waals surface area contributed by atoms with E-state index in [0.717, 1.165) is 37.7 Å². The number of aryl methyl sites for hydroxylation is 1. The summed E-state index contributed by atoms with van der Waals surface area (Å²) in [6.07, 6.45) is 0. The Labute approximate surface area is 201 Å². The van der Waals surface area contributed by atoms with Gasteiger partial charge in [-0.2, -0.15) is 0 Å². The number of ether oxygens (including phenoxy) is 1. The molecule has 34 heavy (non-hydrogen) atoms. The number of nitrogens with one attached hydrogen (secondary N) is 3. The lowest BCUT2D eigenvalue weighted by Crippen LogP contribution is -2.48. The highest BCUT2D eigenvalue weighted by atomic mass is 16.5. The van der Waals surface area contributed by atoms with Crippen molar-refractivity contribution in [3.8, 4) is 0 Å². The number of anilines is 4. The van der Waals surface area contributed by atoms with Crippen LogP contribution in [0.25, 0.3) is 0 Å². The molecule has 3 rings (SSSR count). The first-order chi connectivity index (χ1) is 16.3. The Hall–Kier alpha value is -3.40. The van der Waals surface area contributed by atoms with E-state index in [1.54, 1.807) is 0 Å². The Morgan fingerprint density at radius 3 is 2.53 bits per heavy atom. The summed E-state index contributed by atoms with van der Waals surface area (Å²) in [5.41, 5.74) is 1.50. The van der Waals surface area contributed by atoms with E-state index in [0.29, 0.717) is 42.9 Å². The van der Waals surface area contributed by atoms with Crippen molar-refractivity contribution in [3.63, 3.8) is 0 Å². The molecule has 2 amide bonds. The molecule has 184 valence electrons. The second-order valence-electron chi connectivity index (χ2n) is 8.66. The number of aromatic nitrogens is 2. The highest BCUT2D eigenvalue weighted by Gasteiger charge is 2.21. The summed E-state index contributed by atoms with van der Waals surface area (Å²) in [6, 6.07) is 9.18. The van der Waals surface area contributed by atoms with E-state index in [1.807, 2.05) is 58.0 Å². The molecule has 1 saturated heterocycles. The van der Waals surface area contributed by atoms with Crippen LogP contribution < -0.4 is 20.9 Å². The summed E-state index contributed by atoms with van der Waals surface area (Å²) in [4.78, 5) is 37.2. The van der Waals surface area contributed by atoms with Crippen molar-refractivity contribution in [1.82, 2.24) is 20.2 Å². The topological polar surface area (TPSA) is 112 Å². The number of hydrogen-bond acceptors (Lipinski definition) is 8. The molecular formula is C24H35N7O3. The van der Waals surface area contributed by atoms with Gasteiger partial charge in [-0.3, -0.25) is 9.69 Å². The van der Waals surface area contributed by atoms with Gasteiger partial charge in [-0.25, -0.2) is 14.8 Å². The van der Waals surface area contributed by atoms with Crippen molar-refractivity contribution in [3.05, 3.63) is 36.2 Å². The normalized spacial score (nSPS) is 14.1. The Kier molecular flexibility index (Phi) is 9.03. The van der Waals surface area contributed by atoms with Crippen LogP contribution in [0.15, 0.2) is 30.3 Å². The molecule has 0 bridgehead atoms. The lowest BCUT2D eigenvalue weighted by Gasteiger charge is -2.35. The highest BCUT2D eigenvalue weighted by Crippen LogP contribution is 2.23. The first-order valence-corrected chi connectivity index (χ1v) is 11.7. The number of benzene rings is 1. The molecule has 0 aliphatic carbocycles. The third-order valence-corrected chi connectivity index (χ3v) is 5.24. The number of carbonyl (C=O) groups is 2. The number of carbonyl (C=O) groups excluding carboxylic acids is 2. The molecule has 10 heteroatoms. The van der Waals surface area contributed by atoms with Crippen molar-refractivity contribution >= 4 is 35.0 Å². The minimum absolute atomic E-state index is 0.186. The number of hydrogen-bond donors (Lipinski definition) is 3. The molecular weight excluding hydrogens is 434 g/mol. The minimum Gasteiger partial charge on any atom is -0.465 e. The summed E-state index contributed by atoms with van der Waals surface area (Å²) >= 11 is 0. The summed E-state index contributed by atoms with van der Waals surface area (Å²) in [6.45, 7) is 12.2. The lowest BCUT2D eigenvalue weighted by molar-refractivity contribution is -0.144. The number of piperazine rings is 1. The second-order valence-corrected chi connectivity index (χ2v) is 8.66. The quantitative estimate of drug-likeness (QED) is 0.481. The van der Waals surface area contributed by atoms with Crippen LogP contribution in [0.3, 0.4) is 0 Å². The zero-order valence-electron chi connectivity index (χ0n) is 20.4. The van der Waals surface area contributed by atoms with Gasteiger partial charge in [0.25, 0.3) is 0 Å². The minimum atomic E-state index is -0.229. The van der Waals surface area contributed by atoms with Gasteiger partial charge in [0.05, 0.1) is 13.2 Å². The van der Waals surface area contributed by atoms with Crippen LogP contribution in [0, 0.1) is 12.8 Å². The van der Waals surface area contributed by atoms with Gasteiger partial charge in [-0.15, -0.1) is 0 Å². The molecule has 1 aromatic heterocycles. The molecule has 0 spiro atoms. The summed E-state index contributed by atoms with van der Waals surface area (Å²) in [5.74, 6) is 2.38. The van der Waals surface area contributed by atoms with Crippen molar-refractivity contribution in [2.75, 3.05) is 61.4 Å². The van der Waals surface area contributed by atoms with Gasteiger partial charge in [-0.1, -0.05) is 19.9 Å². The highest BCUT2D eigenvalue weighted by molar-refractivity contribution is 5.89. The number of urea groups is 1. The predicted molar refractivity (Wildman–Crippen MR) is 134 cm³/mol. The summed E-state index contributed by atoms with van der Waals surface area (Å²) in [7, 11) is 0. The average molecular weight is 470 g/mol. The fourth-order valence-corrected chi connectivity index (χ4v) is 3.60. The van der Waals surface area contributed by atoms with Gasteiger partial charge in [-0.05, 0) is 38.0 Å². The smallest absolute Gasteiger partial charge is 0.320 e. The van der Waals surface area contributed by atoms with Crippen LogP contribution >= 0.6 is 0 Å². The molecule has 10 nitrogen and oxygen atoms in total. The molecule has 3 N–H and O–H groups in total. The first kappa shape index (κ1) is 25.2. The van der Waals surface area contributed by atoms with Crippen molar-refractivity contribution in [2.45, 2.75) is 27.7 Å². The van der Waals surface area contributed by atoms with Gasteiger partial charge < -0.3 is 25.6 Å². The largest absolute Gasteiger partial charge is 0.465 e. The number of amides is 2. The molecule has 0 radical (unpaired) electrons. The maximum Gasteiger partial charge on any atom is 0.320 e. The van der Waals surface area contributed by atoms with Gasteiger partial charge in [0, 0.05) is 50.2 Å². The molecule has 1 aromatic carbocycles. The van der Waals surface area contributed by atoms with Crippen LogP contribution in [0.5, 0.6) is 0 Å². The molecule has 1 aliphatic rings. The Morgan fingerprint density at radius 1 is 1.09 bits per heavy atom. The standard InChI is InChI=1S/C24H35N7O3/c1-5-34-23(32)16-30-9-11-31(12-10-30)22-14-21(26-18(4)27-22)28-19-7-6-8-20(13-19)29-24(33)25-15-17(2)3/h6-8,13-14,17H,5,9-12,15-16H2,1-4H3,(H2,25,29,33)(H,26,27,28). The fourth-order valence-electron chi connectivity index (χ4n) is 3.60. The Bertz CT molecular complexity index is 975. The van der Waals surface area contributed by atoms with E-state index < -0.39 is 0 Å². The lowest BCUT2D eigenvalue weighted by atomic mass is 10.2. The number of nitrogens with zero attached hydrogens (tertiary/aromatic N) is 4. The molecule has 0 unspecified atom stereocenters. The van der Waals surface area contributed by atoms with Crippen LogP contribution in [0.2, 0.25) is 0 Å². The van der Waals surface area contributed by atoms with Crippen molar-refractivity contribution in [1.29, 1.82) is 0 Å². The van der Waals surface area contributed by atoms with E-state index in [-0.39, 0.29) is 12.0 Å².